The van der Waals surface area contributed by atoms with E-state index in [1.165, 1.54) is 6.07 Å². The van der Waals surface area contributed by atoms with Gasteiger partial charge < -0.3 is 5.11 Å². The summed E-state index contributed by atoms with van der Waals surface area (Å²) in [6, 6.07) is 1.45. The van der Waals surface area contributed by atoms with Crippen LogP contribution < -0.4 is 0 Å². The van der Waals surface area contributed by atoms with Gasteiger partial charge in [0, 0.05) is 12.1 Å². The molecule has 1 atom stereocenters. The molecule has 2 N–H and O–H groups in total. The molecule has 1 aromatic rings. The Morgan fingerprint density at radius 3 is 2.93 bits per heavy atom. The van der Waals surface area contributed by atoms with E-state index in [-0.39, 0.29) is 17.4 Å². The van der Waals surface area contributed by atoms with Gasteiger partial charge in [-0.2, -0.15) is 5.10 Å². The van der Waals surface area contributed by atoms with Crippen molar-refractivity contribution in [1.29, 1.82) is 0 Å². The third-order valence-corrected chi connectivity index (χ3v) is 2.75. The number of hydrogen-bond acceptors (Lipinski definition) is 3. The molecule has 1 aliphatic rings. The molecule has 5 nitrogen and oxygen atoms in total. The van der Waals surface area contributed by atoms with Crippen molar-refractivity contribution in [3.8, 4) is 0 Å². The van der Waals surface area contributed by atoms with Gasteiger partial charge in [-0.05, 0) is 18.9 Å². The van der Waals surface area contributed by atoms with Crippen molar-refractivity contribution >= 4 is 11.8 Å². The number of nitrogens with one attached hydrogen (secondary N) is 1. The zero-order valence-electron chi connectivity index (χ0n) is 8.19. The number of carbonyl (C=O) groups excluding carboxylic acids is 1. The Labute approximate surface area is 86.5 Å². The number of rotatable bonds is 2. The minimum absolute atomic E-state index is 0.0247. The summed E-state index contributed by atoms with van der Waals surface area (Å²) >= 11 is 0. The SMILES string of the molecule is O=C(O)c1cc(C2CCCCC2=O)[nH]n1. The molecule has 0 spiro atoms. The molecule has 1 unspecified atom stereocenters. The van der Waals surface area contributed by atoms with Gasteiger partial charge in [-0.1, -0.05) is 6.42 Å². The van der Waals surface area contributed by atoms with E-state index in [0.717, 1.165) is 19.3 Å². The maximum absolute atomic E-state index is 11.6. The second kappa shape index (κ2) is 3.84. The fraction of sp³-hybridized carbons (Fsp3) is 0.500. The molecule has 2 rings (SSSR count). The number of aromatic carboxylic acids is 1. The standard InChI is InChI=1S/C10H12N2O3/c13-9-4-2-1-3-6(9)7-5-8(10(14)15)12-11-7/h5-6H,1-4H2,(H,11,12)(H,14,15). The maximum Gasteiger partial charge on any atom is 0.356 e. The fourth-order valence-electron chi connectivity index (χ4n) is 1.94. The normalized spacial score (nSPS) is 21.6. The van der Waals surface area contributed by atoms with Crippen molar-refractivity contribution < 1.29 is 14.7 Å². The Morgan fingerprint density at radius 2 is 2.33 bits per heavy atom. The number of aromatic amines is 1. The van der Waals surface area contributed by atoms with Gasteiger partial charge in [0.1, 0.15) is 5.78 Å². The molecule has 1 fully saturated rings. The summed E-state index contributed by atoms with van der Waals surface area (Å²) in [5, 5.41) is 15.0. The summed E-state index contributed by atoms with van der Waals surface area (Å²) in [5.74, 6) is -1.07. The Hall–Kier alpha value is -1.65. The molecule has 5 heteroatoms. The first-order valence-corrected chi connectivity index (χ1v) is 5.00. The fourth-order valence-corrected chi connectivity index (χ4v) is 1.94. The second-order valence-corrected chi connectivity index (χ2v) is 3.78. The Kier molecular flexibility index (Phi) is 2.53. The molecule has 0 aliphatic heterocycles. The molecule has 0 amide bonds. The first kappa shape index (κ1) is 9.89. The van der Waals surface area contributed by atoms with E-state index < -0.39 is 5.97 Å². The molecule has 1 aromatic heterocycles. The largest absolute Gasteiger partial charge is 0.476 e. The number of hydrogen-bond donors (Lipinski definition) is 2. The highest BCUT2D eigenvalue weighted by Gasteiger charge is 2.26. The van der Waals surface area contributed by atoms with E-state index in [0.29, 0.717) is 12.1 Å². The van der Waals surface area contributed by atoms with Crippen LogP contribution in [0.2, 0.25) is 0 Å². The van der Waals surface area contributed by atoms with Crippen LogP contribution in [-0.2, 0) is 4.79 Å². The number of carboxylic acid groups (broad SMARTS) is 1. The number of nitrogens with zero attached hydrogens (tertiary/aromatic N) is 1. The van der Waals surface area contributed by atoms with Crippen LogP contribution in [0.25, 0.3) is 0 Å². The number of Topliss-reactive ketones (excluding diaryl/α,β-unsaturated/α-hetero) is 1. The van der Waals surface area contributed by atoms with E-state index >= 15 is 0 Å². The smallest absolute Gasteiger partial charge is 0.356 e. The van der Waals surface area contributed by atoms with Crippen LogP contribution in [0.15, 0.2) is 6.07 Å². The van der Waals surface area contributed by atoms with E-state index in [1.807, 2.05) is 0 Å². The summed E-state index contributed by atoms with van der Waals surface area (Å²) in [5.41, 5.74) is 0.612. The van der Waals surface area contributed by atoms with Gasteiger partial charge in [-0.3, -0.25) is 9.89 Å². The molecule has 1 aliphatic carbocycles. The Balaban J connectivity index is 2.20. The first-order chi connectivity index (χ1) is 7.18. The molecule has 80 valence electrons. The molecule has 0 saturated heterocycles. The Morgan fingerprint density at radius 1 is 1.53 bits per heavy atom. The predicted octanol–water partition coefficient (Wildman–Crippen LogP) is 1.33. The van der Waals surface area contributed by atoms with E-state index in [1.54, 1.807) is 0 Å². The molecule has 1 heterocycles. The van der Waals surface area contributed by atoms with Crippen LogP contribution in [0.1, 0.15) is 47.8 Å². The van der Waals surface area contributed by atoms with Gasteiger partial charge in [0.2, 0.25) is 0 Å². The highest BCUT2D eigenvalue weighted by molar-refractivity contribution is 5.88. The summed E-state index contributed by atoms with van der Waals surface area (Å²) in [4.78, 5) is 22.2. The van der Waals surface area contributed by atoms with E-state index in [9.17, 15) is 9.59 Å². The van der Waals surface area contributed by atoms with Gasteiger partial charge in [-0.25, -0.2) is 4.79 Å². The van der Waals surface area contributed by atoms with Crippen molar-refractivity contribution in [1.82, 2.24) is 10.2 Å². The van der Waals surface area contributed by atoms with Crippen LogP contribution >= 0.6 is 0 Å². The third-order valence-electron chi connectivity index (χ3n) is 2.75. The number of aromatic nitrogens is 2. The van der Waals surface area contributed by atoms with Crippen LogP contribution in [0.3, 0.4) is 0 Å². The second-order valence-electron chi connectivity index (χ2n) is 3.78. The topological polar surface area (TPSA) is 83.0 Å². The summed E-state index contributed by atoms with van der Waals surface area (Å²) < 4.78 is 0. The summed E-state index contributed by atoms with van der Waals surface area (Å²) in [6.07, 6.45) is 3.33. The van der Waals surface area contributed by atoms with Gasteiger partial charge in [0.15, 0.2) is 5.69 Å². The zero-order valence-corrected chi connectivity index (χ0v) is 8.19. The Bertz CT molecular complexity index is 397. The van der Waals surface area contributed by atoms with Gasteiger partial charge in [0.05, 0.1) is 5.92 Å². The van der Waals surface area contributed by atoms with Crippen molar-refractivity contribution in [2.24, 2.45) is 0 Å². The van der Waals surface area contributed by atoms with Crippen molar-refractivity contribution in [3.63, 3.8) is 0 Å². The molecule has 15 heavy (non-hydrogen) atoms. The minimum Gasteiger partial charge on any atom is -0.476 e. The van der Waals surface area contributed by atoms with Gasteiger partial charge in [0.25, 0.3) is 0 Å². The quantitative estimate of drug-likeness (QED) is 0.768. The summed E-state index contributed by atoms with van der Waals surface area (Å²) in [7, 11) is 0. The lowest BCUT2D eigenvalue weighted by atomic mass is 9.86. The lowest BCUT2D eigenvalue weighted by Crippen LogP contribution is -2.17. The average Bonchev–Trinajstić information content (AvgIpc) is 2.67. The highest BCUT2D eigenvalue weighted by Crippen LogP contribution is 2.28. The zero-order chi connectivity index (χ0) is 10.8. The van der Waals surface area contributed by atoms with Crippen molar-refractivity contribution in [2.75, 3.05) is 0 Å². The van der Waals surface area contributed by atoms with Crippen molar-refractivity contribution in [2.45, 2.75) is 31.6 Å². The first-order valence-electron chi connectivity index (χ1n) is 5.00. The lowest BCUT2D eigenvalue weighted by molar-refractivity contribution is -0.121. The molecular formula is C10H12N2O3. The van der Waals surface area contributed by atoms with Gasteiger partial charge in [-0.15, -0.1) is 0 Å². The molecule has 0 aromatic carbocycles. The van der Waals surface area contributed by atoms with Crippen molar-refractivity contribution in [3.05, 3.63) is 17.5 Å². The van der Waals surface area contributed by atoms with Crippen LogP contribution in [0.5, 0.6) is 0 Å². The highest BCUT2D eigenvalue weighted by atomic mass is 16.4. The van der Waals surface area contributed by atoms with Crippen LogP contribution in [0.4, 0.5) is 0 Å². The molecular weight excluding hydrogens is 196 g/mol. The van der Waals surface area contributed by atoms with Crippen LogP contribution in [0, 0.1) is 0 Å². The van der Waals surface area contributed by atoms with Crippen LogP contribution in [-0.4, -0.2) is 27.1 Å². The molecule has 1 saturated carbocycles. The molecule has 0 bridgehead atoms. The number of ketones is 1. The number of carboxylic acids is 1. The summed E-state index contributed by atoms with van der Waals surface area (Å²) in [6.45, 7) is 0. The van der Waals surface area contributed by atoms with E-state index in [2.05, 4.69) is 10.2 Å². The molecule has 0 radical (unpaired) electrons. The number of H-pyrrole nitrogens is 1. The van der Waals surface area contributed by atoms with E-state index in [4.69, 9.17) is 5.11 Å². The minimum atomic E-state index is -1.07. The lowest BCUT2D eigenvalue weighted by Gasteiger charge is -2.18. The monoisotopic (exact) mass is 208 g/mol. The predicted molar refractivity (Wildman–Crippen MR) is 51.8 cm³/mol. The van der Waals surface area contributed by atoms with Gasteiger partial charge >= 0.3 is 5.97 Å². The number of carbonyl (C=O) groups is 2. The maximum atomic E-state index is 11.6. The third kappa shape index (κ3) is 1.91. The average molecular weight is 208 g/mol.